The van der Waals surface area contributed by atoms with Crippen LogP contribution in [-0.4, -0.2) is 30.7 Å². The topological polar surface area (TPSA) is 84.6 Å². The van der Waals surface area contributed by atoms with Crippen LogP contribution in [0.4, 0.5) is 0 Å². The van der Waals surface area contributed by atoms with Crippen molar-refractivity contribution in [1.82, 2.24) is 5.32 Å². The number of primary amides is 1. The zero-order valence-corrected chi connectivity index (χ0v) is 14.2. The van der Waals surface area contributed by atoms with Gasteiger partial charge in [0, 0.05) is 37.1 Å². The Morgan fingerprint density at radius 3 is 2.61 bits per heavy atom. The molecule has 2 bridgehead atoms. The van der Waals surface area contributed by atoms with Crippen LogP contribution in [0, 0.1) is 11.8 Å². The van der Waals surface area contributed by atoms with Gasteiger partial charge in [0.25, 0.3) is 5.91 Å². The number of phenols is 1. The van der Waals surface area contributed by atoms with E-state index in [-0.39, 0.29) is 23.7 Å². The Bertz CT molecular complexity index is 557. The lowest BCUT2D eigenvalue weighted by molar-refractivity contribution is -0.162. The van der Waals surface area contributed by atoms with Crippen molar-refractivity contribution in [2.75, 3.05) is 19.7 Å². The fraction of sp³-hybridized carbons (Fsp3) is 0.588. The van der Waals surface area contributed by atoms with Crippen LogP contribution in [-0.2, 0) is 10.3 Å². The molecule has 1 aliphatic heterocycles. The number of ether oxygens (including phenoxy) is 1. The summed E-state index contributed by atoms with van der Waals surface area (Å²) < 4.78 is 6.29. The van der Waals surface area contributed by atoms with Gasteiger partial charge in [-0.15, -0.1) is 12.4 Å². The number of nitrogens with one attached hydrogen (secondary N) is 1. The molecule has 1 amide bonds. The highest BCUT2D eigenvalue weighted by Crippen LogP contribution is 2.52. The number of para-hydroxylation sites is 1. The average Bonchev–Trinajstić information content (AvgIpc) is 2.46. The molecule has 0 radical (unpaired) electrons. The Labute approximate surface area is 143 Å². The number of rotatable bonds is 4. The summed E-state index contributed by atoms with van der Waals surface area (Å²) in [6, 6.07) is 5.24. The van der Waals surface area contributed by atoms with Crippen molar-refractivity contribution in [3.8, 4) is 5.75 Å². The number of amides is 1. The van der Waals surface area contributed by atoms with Crippen LogP contribution < -0.4 is 11.1 Å². The van der Waals surface area contributed by atoms with Gasteiger partial charge in [-0.2, -0.15) is 0 Å². The molecule has 1 aromatic carbocycles. The van der Waals surface area contributed by atoms with Crippen LogP contribution in [0.25, 0.3) is 0 Å². The maximum absolute atomic E-state index is 11.6. The number of hydrogen-bond acceptors (Lipinski definition) is 4. The highest BCUT2D eigenvalue weighted by molar-refractivity contribution is 5.96. The number of hydrogen-bond donors (Lipinski definition) is 3. The molecule has 1 saturated carbocycles. The first-order valence-electron chi connectivity index (χ1n) is 8.08. The lowest BCUT2D eigenvalue weighted by Gasteiger charge is -2.53. The smallest absolute Gasteiger partial charge is 0.252 e. The van der Waals surface area contributed by atoms with E-state index in [0.29, 0.717) is 18.4 Å². The molecule has 6 heteroatoms. The first-order chi connectivity index (χ1) is 10.6. The van der Waals surface area contributed by atoms with Gasteiger partial charge in [-0.25, -0.2) is 0 Å². The Balaban J connectivity index is 0.00000192. The summed E-state index contributed by atoms with van der Waals surface area (Å²) in [6.07, 6.45) is 3.30. The number of benzene rings is 1. The second-order valence-electron chi connectivity index (χ2n) is 6.28. The molecule has 1 saturated heterocycles. The van der Waals surface area contributed by atoms with Crippen LogP contribution in [0.15, 0.2) is 18.2 Å². The minimum Gasteiger partial charge on any atom is -0.507 e. The van der Waals surface area contributed by atoms with Crippen molar-refractivity contribution in [1.29, 1.82) is 0 Å². The number of nitrogens with two attached hydrogens (primary N) is 1. The molecule has 1 aromatic rings. The second-order valence-corrected chi connectivity index (χ2v) is 6.28. The molecule has 3 rings (SSSR count). The third-order valence-corrected chi connectivity index (χ3v) is 5.21. The van der Waals surface area contributed by atoms with Gasteiger partial charge in [-0.05, 0) is 25.8 Å². The summed E-state index contributed by atoms with van der Waals surface area (Å²) in [4.78, 5) is 11.6. The summed E-state index contributed by atoms with van der Waals surface area (Å²) in [7, 11) is 0. The summed E-state index contributed by atoms with van der Waals surface area (Å²) in [5, 5.41) is 14.1. The molecule has 2 unspecified atom stereocenters. The first kappa shape index (κ1) is 18.0. The van der Waals surface area contributed by atoms with Crippen LogP contribution in [0.5, 0.6) is 5.75 Å². The molecule has 4 N–H and O–H groups in total. The largest absolute Gasteiger partial charge is 0.507 e. The predicted molar refractivity (Wildman–Crippen MR) is 90.9 cm³/mol. The van der Waals surface area contributed by atoms with Crippen molar-refractivity contribution in [3.63, 3.8) is 0 Å². The molecule has 2 fully saturated rings. The average molecular weight is 341 g/mol. The zero-order valence-electron chi connectivity index (χ0n) is 13.4. The lowest BCUT2D eigenvalue weighted by Crippen LogP contribution is -2.58. The van der Waals surface area contributed by atoms with Gasteiger partial charge in [0.1, 0.15) is 11.4 Å². The molecule has 2 aliphatic rings. The van der Waals surface area contributed by atoms with Crippen LogP contribution >= 0.6 is 12.4 Å². The molecule has 1 aliphatic carbocycles. The SMILES string of the molecule is CCOC1(c2cccc(C(N)=O)c2O)C2CCCC1CNC2.Cl. The number of carbonyl (C=O) groups excluding carboxylic acids is 1. The minimum absolute atomic E-state index is 0. The number of piperidine rings is 1. The molecule has 5 nitrogen and oxygen atoms in total. The zero-order chi connectivity index (χ0) is 15.7. The van der Waals surface area contributed by atoms with Crippen LogP contribution in [0.3, 0.4) is 0 Å². The van der Waals surface area contributed by atoms with E-state index >= 15 is 0 Å². The van der Waals surface area contributed by atoms with E-state index in [9.17, 15) is 9.90 Å². The van der Waals surface area contributed by atoms with Gasteiger partial charge in [-0.1, -0.05) is 18.6 Å². The minimum atomic E-state index is -0.606. The van der Waals surface area contributed by atoms with Gasteiger partial charge in [0.15, 0.2) is 0 Å². The van der Waals surface area contributed by atoms with Gasteiger partial charge in [0.2, 0.25) is 0 Å². The number of carbonyl (C=O) groups is 1. The molecular formula is C17H25ClN2O3. The summed E-state index contributed by atoms with van der Waals surface area (Å²) in [5.41, 5.74) is 5.77. The molecule has 128 valence electrons. The van der Waals surface area contributed by atoms with Gasteiger partial charge in [-0.3, -0.25) is 4.79 Å². The molecule has 23 heavy (non-hydrogen) atoms. The second kappa shape index (κ2) is 7.07. The van der Waals surface area contributed by atoms with Crippen LogP contribution in [0.1, 0.15) is 42.1 Å². The standard InChI is InChI=1S/C17H24N2O3.ClH/c1-2-22-17(11-5-3-6-12(17)10-19-9-11)14-8-4-7-13(15(14)20)16(18)21;/h4,7-8,11-12,19-20H,2-3,5-6,9-10H2,1H3,(H2,18,21);1H. The first-order valence-corrected chi connectivity index (χ1v) is 8.08. The Hall–Kier alpha value is -1.30. The van der Waals surface area contributed by atoms with E-state index in [1.807, 2.05) is 13.0 Å². The molecule has 0 aromatic heterocycles. The summed E-state index contributed by atoms with van der Waals surface area (Å²) >= 11 is 0. The molecular weight excluding hydrogens is 316 g/mol. The van der Waals surface area contributed by atoms with Gasteiger partial charge in [0.05, 0.1) is 5.56 Å². The molecule has 1 heterocycles. The van der Waals surface area contributed by atoms with Crippen molar-refractivity contribution < 1.29 is 14.6 Å². The van der Waals surface area contributed by atoms with Crippen molar-refractivity contribution >= 4 is 18.3 Å². The summed E-state index contributed by atoms with van der Waals surface area (Å²) in [6.45, 7) is 4.30. The fourth-order valence-electron chi connectivity index (χ4n) is 4.36. The van der Waals surface area contributed by atoms with E-state index in [1.54, 1.807) is 12.1 Å². The molecule has 2 atom stereocenters. The lowest BCUT2D eigenvalue weighted by atomic mass is 9.62. The van der Waals surface area contributed by atoms with E-state index < -0.39 is 11.5 Å². The van der Waals surface area contributed by atoms with E-state index in [1.165, 1.54) is 6.42 Å². The highest BCUT2D eigenvalue weighted by Gasteiger charge is 2.53. The van der Waals surface area contributed by atoms with Crippen molar-refractivity contribution in [3.05, 3.63) is 29.3 Å². The third kappa shape index (κ3) is 2.82. The van der Waals surface area contributed by atoms with Crippen molar-refractivity contribution in [2.45, 2.75) is 31.8 Å². The van der Waals surface area contributed by atoms with E-state index in [2.05, 4.69) is 5.32 Å². The number of fused-ring (bicyclic) bond motifs is 2. The van der Waals surface area contributed by atoms with Gasteiger partial charge < -0.3 is 20.9 Å². The quantitative estimate of drug-likeness (QED) is 0.784. The number of aromatic hydroxyl groups is 1. The maximum Gasteiger partial charge on any atom is 0.252 e. The summed E-state index contributed by atoms with van der Waals surface area (Å²) in [5.74, 6) is -0.0182. The van der Waals surface area contributed by atoms with Crippen molar-refractivity contribution in [2.24, 2.45) is 17.6 Å². The highest BCUT2D eigenvalue weighted by atomic mass is 35.5. The van der Waals surface area contributed by atoms with E-state index in [4.69, 9.17) is 10.5 Å². The fourth-order valence-corrected chi connectivity index (χ4v) is 4.36. The third-order valence-electron chi connectivity index (χ3n) is 5.21. The number of halogens is 1. The Kier molecular flexibility index (Phi) is 5.55. The molecule has 0 spiro atoms. The monoisotopic (exact) mass is 340 g/mol. The predicted octanol–water partition coefficient (Wildman–Crippen LogP) is 2.16. The van der Waals surface area contributed by atoms with Gasteiger partial charge >= 0.3 is 0 Å². The normalized spacial score (nSPS) is 29.6. The van der Waals surface area contributed by atoms with Crippen LogP contribution in [0.2, 0.25) is 0 Å². The Morgan fingerprint density at radius 2 is 2.04 bits per heavy atom. The Morgan fingerprint density at radius 1 is 1.39 bits per heavy atom. The maximum atomic E-state index is 11.6. The van der Waals surface area contributed by atoms with E-state index in [0.717, 1.165) is 31.5 Å².